The topological polar surface area (TPSA) is 37.7 Å². The molecule has 0 saturated heterocycles. The monoisotopic (exact) mass is 435 g/mol. The second-order valence-corrected chi connectivity index (χ2v) is 9.72. The van der Waals surface area contributed by atoms with Gasteiger partial charge in [0.15, 0.2) is 0 Å². The molecular formula is C27H37N3O2. The lowest BCUT2D eigenvalue weighted by Crippen LogP contribution is -2.49. The van der Waals surface area contributed by atoms with Gasteiger partial charge in [-0.05, 0) is 68.2 Å². The van der Waals surface area contributed by atoms with E-state index in [2.05, 4.69) is 60.7 Å². The van der Waals surface area contributed by atoms with Crippen molar-refractivity contribution >= 4 is 22.4 Å². The van der Waals surface area contributed by atoms with Crippen molar-refractivity contribution in [3.8, 4) is 0 Å². The van der Waals surface area contributed by atoms with Gasteiger partial charge < -0.3 is 14.2 Å². The first-order valence-corrected chi connectivity index (χ1v) is 12.6. The second kappa shape index (κ2) is 9.03. The van der Waals surface area contributed by atoms with Crippen molar-refractivity contribution in [2.24, 2.45) is 11.8 Å². The van der Waals surface area contributed by atoms with Crippen LogP contribution in [0.4, 0.5) is 0 Å². The molecule has 2 heterocycles. The third kappa shape index (κ3) is 3.90. The molecule has 0 radical (unpaired) electrons. The maximum atomic E-state index is 13.4. The normalized spacial score (nSPS) is 22.7. The fourth-order valence-corrected chi connectivity index (χ4v) is 5.68. The zero-order valence-electron chi connectivity index (χ0n) is 19.8. The summed E-state index contributed by atoms with van der Waals surface area (Å²) in [4.78, 5) is 18.0. The van der Waals surface area contributed by atoms with Crippen LogP contribution in [0.25, 0.3) is 16.5 Å². The second-order valence-electron chi connectivity index (χ2n) is 9.72. The number of amides is 1. The lowest BCUT2D eigenvalue weighted by atomic mass is 9.79. The van der Waals surface area contributed by atoms with Crippen LogP contribution in [0.5, 0.6) is 0 Å². The van der Waals surface area contributed by atoms with Crippen molar-refractivity contribution in [1.29, 1.82) is 0 Å². The van der Waals surface area contributed by atoms with Crippen molar-refractivity contribution in [2.75, 3.05) is 32.8 Å². The third-order valence-electron chi connectivity index (χ3n) is 7.48. The van der Waals surface area contributed by atoms with E-state index < -0.39 is 0 Å². The predicted octanol–water partition coefficient (Wildman–Crippen LogP) is 4.54. The van der Waals surface area contributed by atoms with Gasteiger partial charge in [0.05, 0.1) is 11.4 Å². The van der Waals surface area contributed by atoms with E-state index in [9.17, 15) is 4.79 Å². The van der Waals surface area contributed by atoms with Crippen LogP contribution in [-0.4, -0.2) is 59.1 Å². The standard InChI is InChI=1S/C27H37N3O2/c1-4-12-32-18-30-16-20-14-25-23(22-8-7-9-24(30)26(20)22)13-21(27(31)28(5-2)6-3)17-29(25)15-19-10-11-19/h7-9,13,16,19,21,25H,4-6,10-12,14-15,17-18H2,1-3H3/t21-,25-/m1/s1. The molecule has 2 aromatic rings. The smallest absolute Gasteiger partial charge is 0.230 e. The van der Waals surface area contributed by atoms with Gasteiger partial charge in [-0.25, -0.2) is 0 Å². The Morgan fingerprint density at radius 1 is 1.19 bits per heavy atom. The van der Waals surface area contributed by atoms with E-state index in [1.54, 1.807) is 0 Å². The Kier molecular flexibility index (Phi) is 6.13. The average molecular weight is 436 g/mol. The lowest BCUT2D eigenvalue weighted by Gasteiger charge is -2.42. The Labute approximate surface area is 192 Å². The number of nitrogens with zero attached hydrogens (tertiary/aromatic N) is 3. The SMILES string of the molecule is CCCOCn1cc2c3c(cccc31)C1=C[C@@H](C(=O)N(CC)CC)CN(CC3CC3)[C@@H]1C2. The summed E-state index contributed by atoms with van der Waals surface area (Å²) in [5.41, 5.74) is 5.36. The quantitative estimate of drug-likeness (QED) is 0.543. The van der Waals surface area contributed by atoms with Gasteiger partial charge in [-0.15, -0.1) is 0 Å². The Hall–Kier alpha value is -2.11. The van der Waals surface area contributed by atoms with Gasteiger partial charge in [-0.3, -0.25) is 9.69 Å². The largest absolute Gasteiger partial charge is 0.361 e. The van der Waals surface area contributed by atoms with E-state index in [4.69, 9.17) is 4.74 Å². The summed E-state index contributed by atoms with van der Waals surface area (Å²) in [6.07, 6.45) is 9.36. The molecule has 1 saturated carbocycles. The minimum Gasteiger partial charge on any atom is -0.361 e. The van der Waals surface area contributed by atoms with Gasteiger partial charge in [0, 0.05) is 50.4 Å². The molecule has 1 fully saturated rings. The van der Waals surface area contributed by atoms with Crippen molar-refractivity contribution in [3.05, 3.63) is 41.6 Å². The summed E-state index contributed by atoms with van der Waals surface area (Å²) >= 11 is 0. The number of hydrogen-bond donors (Lipinski definition) is 0. The van der Waals surface area contributed by atoms with Crippen LogP contribution in [0.15, 0.2) is 30.5 Å². The van der Waals surface area contributed by atoms with Gasteiger partial charge in [0.2, 0.25) is 5.91 Å². The summed E-state index contributed by atoms with van der Waals surface area (Å²) < 4.78 is 8.15. The number of fused-ring (bicyclic) bond motifs is 2. The average Bonchev–Trinajstić information content (AvgIpc) is 3.56. The number of aromatic nitrogens is 1. The number of carbonyl (C=O) groups is 1. The van der Waals surface area contributed by atoms with E-state index in [1.807, 2.05) is 4.90 Å². The van der Waals surface area contributed by atoms with Gasteiger partial charge >= 0.3 is 0 Å². The molecule has 32 heavy (non-hydrogen) atoms. The summed E-state index contributed by atoms with van der Waals surface area (Å²) in [5.74, 6) is 1.04. The van der Waals surface area contributed by atoms with E-state index in [0.717, 1.165) is 51.5 Å². The molecule has 2 atom stereocenters. The van der Waals surface area contributed by atoms with Crippen LogP contribution in [0.2, 0.25) is 0 Å². The van der Waals surface area contributed by atoms with E-state index in [1.165, 1.54) is 40.4 Å². The lowest BCUT2D eigenvalue weighted by molar-refractivity contribution is -0.134. The molecular weight excluding hydrogens is 398 g/mol. The van der Waals surface area contributed by atoms with Crippen molar-refractivity contribution in [1.82, 2.24) is 14.4 Å². The summed E-state index contributed by atoms with van der Waals surface area (Å²) in [6, 6.07) is 7.02. The van der Waals surface area contributed by atoms with Crippen LogP contribution in [0.1, 0.15) is 51.2 Å². The Morgan fingerprint density at radius 3 is 2.72 bits per heavy atom. The van der Waals surface area contributed by atoms with Gasteiger partial charge in [0.25, 0.3) is 0 Å². The number of hydrogen-bond acceptors (Lipinski definition) is 3. The first-order valence-electron chi connectivity index (χ1n) is 12.6. The first-order chi connectivity index (χ1) is 15.6. The molecule has 5 heteroatoms. The molecule has 1 aromatic heterocycles. The van der Waals surface area contributed by atoms with E-state index in [0.29, 0.717) is 12.8 Å². The van der Waals surface area contributed by atoms with E-state index >= 15 is 0 Å². The van der Waals surface area contributed by atoms with Crippen LogP contribution in [0.3, 0.4) is 0 Å². The molecule has 2 aliphatic carbocycles. The van der Waals surface area contributed by atoms with Crippen LogP contribution in [0, 0.1) is 11.8 Å². The minimum absolute atomic E-state index is 0.0494. The van der Waals surface area contributed by atoms with Crippen LogP contribution < -0.4 is 0 Å². The molecule has 5 nitrogen and oxygen atoms in total. The highest BCUT2D eigenvalue weighted by Gasteiger charge is 2.40. The molecule has 5 rings (SSSR count). The van der Waals surface area contributed by atoms with Crippen molar-refractivity contribution in [3.63, 3.8) is 0 Å². The Morgan fingerprint density at radius 2 is 2.00 bits per heavy atom. The van der Waals surface area contributed by atoms with Crippen LogP contribution >= 0.6 is 0 Å². The zero-order valence-corrected chi connectivity index (χ0v) is 19.8. The van der Waals surface area contributed by atoms with Crippen molar-refractivity contribution < 1.29 is 9.53 Å². The van der Waals surface area contributed by atoms with Crippen LogP contribution in [-0.2, 0) is 22.7 Å². The summed E-state index contributed by atoms with van der Waals surface area (Å²) in [5, 5.41) is 1.36. The first kappa shape index (κ1) is 21.7. The highest BCUT2D eigenvalue weighted by atomic mass is 16.5. The summed E-state index contributed by atoms with van der Waals surface area (Å²) in [6.45, 7) is 11.2. The molecule has 0 bridgehead atoms. The molecule has 1 aromatic carbocycles. The molecule has 0 unspecified atom stereocenters. The van der Waals surface area contributed by atoms with Gasteiger partial charge in [-0.2, -0.15) is 0 Å². The highest BCUT2D eigenvalue weighted by Crippen LogP contribution is 2.43. The number of rotatable bonds is 9. The molecule has 3 aliphatic rings. The van der Waals surface area contributed by atoms with Gasteiger partial charge in [-0.1, -0.05) is 25.1 Å². The Bertz CT molecular complexity index is 1020. The Balaban J connectivity index is 1.55. The molecule has 0 N–H and O–H groups in total. The summed E-state index contributed by atoms with van der Waals surface area (Å²) in [7, 11) is 0. The fraction of sp³-hybridized carbons (Fsp3) is 0.593. The number of ether oxygens (including phenoxy) is 1. The predicted molar refractivity (Wildman–Crippen MR) is 129 cm³/mol. The fourth-order valence-electron chi connectivity index (χ4n) is 5.68. The number of benzene rings is 1. The van der Waals surface area contributed by atoms with E-state index in [-0.39, 0.29) is 11.8 Å². The maximum absolute atomic E-state index is 13.4. The molecule has 1 aliphatic heterocycles. The number of carbonyl (C=O) groups excluding carboxylic acids is 1. The highest BCUT2D eigenvalue weighted by molar-refractivity contribution is 5.99. The maximum Gasteiger partial charge on any atom is 0.230 e. The van der Waals surface area contributed by atoms with Crippen molar-refractivity contribution in [2.45, 2.75) is 59.2 Å². The molecule has 1 amide bonds. The van der Waals surface area contributed by atoms with Gasteiger partial charge in [0.1, 0.15) is 6.73 Å². The zero-order chi connectivity index (χ0) is 22.2. The minimum atomic E-state index is -0.0494. The molecule has 172 valence electrons. The third-order valence-corrected chi connectivity index (χ3v) is 7.48. The molecule has 0 spiro atoms.